The second-order valence-electron chi connectivity index (χ2n) is 6.76. The van der Waals surface area contributed by atoms with Gasteiger partial charge in [0.25, 0.3) is 11.8 Å². The second kappa shape index (κ2) is 7.03. The average Bonchev–Trinajstić information content (AvgIpc) is 3.16. The zero-order valence-electron chi connectivity index (χ0n) is 13.5. The number of nitrogens with two attached hydrogens (primary N) is 1. The lowest BCUT2D eigenvalue weighted by Gasteiger charge is -2.20. The lowest BCUT2D eigenvalue weighted by atomic mass is 9.86. The molecule has 0 unspecified atom stereocenters. The van der Waals surface area contributed by atoms with Crippen LogP contribution in [0, 0.1) is 17.8 Å². The average molecular weight is 330 g/mol. The molecule has 0 spiro atoms. The summed E-state index contributed by atoms with van der Waals surface area (Å²) in [4.78, 5) is 35.2. The number of esters is 1. The first kappa shape index (κ1) is 16.5. The molecule has 3 N–H and O–H groups in total. The van der Waals surface area contributed by atoms with E-state index in [2.05, 4.69) is 5.32 Å². The first-order valence-corrected chi connectivity index (χ1v) is 8.37. The van der Waals surface area contributed by atoms with Crippen molar-refractivity contribution >= 4 is 23.5 Å². The van der Waals surface area contributed by atoms with Crippen molar-refractivity contribution in [2.24, 2.45) is 23.5 Å². The molecule has 1 aromatic rings. The van der Waals surface area contributed by atoms with Gasteiger partial charge < -0.3 is 15.8 Å². The molecule has 6 heteroatoms. The van der Waals surface area contributed by atoms with Crippen LogP contribution in [-0.4, -0.2) is 24.4 Å². The number of carbonyl (C=O) groups is 3. The molecule has 1 aromatic carbocycles. The third kappa shape index (κ3) is 3.75. The van der Waals surface area contributed by atoms with Gasteiger partial charge >= 0.3 is 5.97 Å². The molecule has 0 saturated heterocycles. The molecule has 2 amide bonds. The Balaban J connectivity index is 1.46. The Morgan fingerprint density at radius 3 is 2.62 bits per heavy atom. The van der Waals surface area contributed by atoms with Gasteiger partial charge in [0.1, 0.15) is 0 Å². The van der Waals surface area contributed by atoms with E-state index in [0.717, 1.165) is 12.3 Å². The van der Waals surface area contributed by atoms with E-state index in [1.54, 1.807) is 18.2 Å². The van der Waals surface area contributed by atoms with Crippen molar-refractivity contribution in [3.8, 4) is 0 Å². The van der Waals surface area contributed by atoms with Crippen molar-refractivity contribution in [3.63, 3.8) is 0 Å². The number of carbonyl (C=O) groups excluding carboxylic acids is 3. The molecule has 0 heterocycles. The number of rotatable bonds is 6. The molecular weight excluding hydrogens is 308 g/mol. The minimum atomic E-state index is -0.626. The Hall–Kier alpha value is -2.37. The highest BCUT2D eigenvalue weighted by Crippen LogP contribution is 2.49. The normalized spacial score (nSPS) is 24.6. The maximum absolute atomic E-state index is 11.9. The number of ether oxygens (including phenoxy) is 1. The van der Waals surface area contributed by atoms with Crippen molar-refractivity contribution in [1.29, 1.82) is 0 Å². The molecule has 0 aromatic heterocycles. The Morgan fingerprint density at radius 1 is 1.17 bits per heavy atom. The van der Waals surface area contributed by atoms with Gasteiger partial charge in [-0.2, -0.15) is 0 Å². The number of para-hydroxylation sites is 1. The Morgan fingerprint density at radius 2 is 1.96 bits per heavy atom. The molecule has 128 valence electrons. The van der Waals surface area contributed by atoms with Crippen molar-refractivity contribution < 1.29 is 19.1 Å². The number of anilines is 1. The van der Waals surface area contributed by atoms with Crippen LogP contribution in [0.2, 0.25) is 0 Å². The Kier molecular flexibility index (Phi) is 4.83. The van der Waals surface area contributed by atoms with Gasteiger partial charge in [-0.25, -0.2) is 0 Å². The molecular formula is C18H22N2O4. The smallest absolute Gasteiger partial charge is 0.306 e. The lowest BCUT2D eigenvalue weighted by molar-refractivity contribution is -0.148. The minimum Gasteiger partial charge on any atom is -0.456 e. The van der Waals surface area contributed by atoms with Gasteiger partial charge in [-0.05, 0) is 49.1 Å². The second-order valence-corrected chi connectivity index (χ2v) is 6.76. The van der Waals surface area contributed by atoms with Crippen LogP contribution >= 0.6 is 0 Å². The van der Waals surface area contributed by atoms with Crippen LogP contribution in [-0.2, 0) is 14.3 Å². The summed E-state index contributed by atoms with van der Waals surface area (Å²) in [5.41, 5.74) is 5.80. The van der Waals surface area contributed by atoms with Crippen LogP contribution in [0.1, 0.15) is 42.5 Å². The maximum Gasteiger partial charge on any atom is 0.306 e. The van der Waals surface area contributed by atoms with Gasteiger partial charge in [0.15, 0.2) is 6.61 Å². The molecule has 2 bridgehead atoms. The zero-order chi connectivity index (χ0) is 17.1. The summed E-state index contributed by atoms with van der Waals surface area (Å²) in [6, 6.07) is 6.45. The summed E-state index contributed by atoms with van der Waals surface area (Å²) in [5, 5.41) is 2.55. The van der Waals surface area contributed by atoms with Gasteiger partial charge in [-0.3, -0.25) is 14.4 Å². The summed E-state index contributed by atoms with van der Waals surface area (Å²) < 4.78 is 5.08. The number of hydrogen-bond donors (Lipinski definition) is 2. The first-order valence-electron chi connectivity index (χ1n) is 8.37. The summed E-state index contributed by atoms with van der Waals surface area (Å²) in [7, 11) is 0. The highest BCUT2D eigenvalue weighted by Gasteiger charge is 2.40. The van der Waals surface area contributed by atoms with Crippen LogP contribution in [0.5, 0.6) is 0 Å². The largest absolute Gasteiger partial charge is 0.456 e. The van der Waals surface area contributed by atoms with E-state index in [4.69, 9.17) is 10.5 Å². The lowest BCUT2D eigenvalue weighted by Crippen LogP contribution is -2.24. The maximum atomic E-state index is 11.9. The van der Waals surface area contributed by atoms with Gasteiger partial charge in [0.2, 0.25) is 0 Å². The van der Waals surface area contributed by atoms with Crippen LogP contribution < -0.4 is 11.1 Å². The standard InChI is InChI=1S/C18H22N2O4/c19-18(23)14-3-1-2-4-15(14)20-16(21)10-24-17(22)9-13-8-11-5-6-12(13)7-11/h1-4,11-13H,5-10H2,(H2,19,23)(H,20,21)/t11-,12+,13-/m1/s1. The topological polar surface area (TPSA) is 98.5 Å². The fourth-order valence-corrected chi connectivity index (χ4v) is 4.04. The van der Waals surface area contributed by atoms with E-state index < -0.39 is 11.8 Å². The van der Waals surface area contributed by atoms with Crippen molar-refractivity contribution in [3.05, 3.63) is 29.8 Å². The first-order chi connectivity index (χ1) is 11.5. The van der Waals surface area contributed by atoms with E-state index in [1.165, 1.54) is 25.3 Å². The zero-order valence-corrected chi connectivity index (χ0v) is 13.5. The number of hydrogen-bond acceptors (Lipinski definition) is 4. The number of nitrogens with one attached hydrogen (secondary N) is 1. The number of primary amides is 1. The van der Waals surface area contributed by atoms with Gasteiger partial charge in [-0.1, -0.05) is 18.6 Å². The SMILES string of the molecule is NC(=O)c1ccccc1NC(=O)COC(=O)C[C@H]1C[C@@H]2CC[C@H]1C2. The molecule has 2 aliphatic carbocycles. The highest BCUT2D eigenvalue weighted by molar-refractivity contribution is 6.03. The minimum absolute atomic E-state index is 0.221. The van der Waals surface area contributed by atoms with E-state index in [0.29, 0.717) is 23.9 Å². The van der Waals surface area contributed by atoms with Crippen molar-refractivity contribution in [2.45, 2.75) is 32.1 Å². The summed E-state index contributed by atoms with van der Waals surface area (Å²) in [6.45, 7) is -0.354. The molecule has 6 nitrogen and oxygen atoms in total. The van der Waals surface area contributed by atoms with Gasteiger partial charge in [0, 0.05) is 6.42 Å². The quantitative estimate of drug-likeness (QED) is 0.780. The summed E-state index contributed by atoms with van der Waals surface area (Å²) in [6.07, 6.45) is 5.25. The van der Waals surface area contributed by atoms with E-state index in [9.17, 15) is 14.4 Å². The fourth-order valence-electron chi connectivity index (χ4n) is 4.04. The van der Waals surface area contributed by atoms with Crippen LogP contribution in [0.25, 0.3) is 0 Å². The van der Waals surface area contributed by atoms with Gasteiger partial charge in [-0.15, -0.1) is 0 Å². The number of amides is 2. The fraction of sp³-hybridized carbons (Fsp3) is 0.500. The monoisotopic (exact) mass is 330 g/mol. The van der Waals surface area contributed by atoms with Crippen LogP contribution in [0.15, 0.2) is 24.3 Å². The van der Waals surface area contributed by atoms with Crippen molar-refractivity contribution in [1.82, 2.24) is 0 Å². The molecule has 24 heavy (non-hydrogen) atoms. The van der Waals surface area contributed by atoms with E-state index in [-0.39, 0.29) is 18.1 Å². The Labute approximate surface area is 140 Å². The predicted octanol–water partition coefficient (Wildman–Crippen LogP) is 2.09. The highest BCUT2D eigenvalue weighted by atomic mass is 16.5. The molecule has 2 fully saturated rings. The third-order valence-electron chi connectivity index (χ3n) is 5.14. The van der Waals surface area contributed by atoms with Crippen LogP contribution in [0.3, 0.4) is 0 Å². The van der Waals surface area contributed by atoms with Crippen molar-refractivity contribution in [2.75, 3.05) is 11.9 Å². The van der Waals surface area contributed by atoms with Gasteiger partial charge in [0.05, 0.1) is 11.3 Å². The molecule has 0 radical (unpaired) electrons. The van der Waals surface area contributed by atoms with E-state index >= 15 is 0 Å². The molecule has 0 aliphatic heterocycles. The Bertz CT molecular complexity index is 658. The van der Waals surface area contributed by atoms with Crippen LogP contribution in [0.4, 0.5) is 5.69 Å². The van der Waals surface area contributed by atoms with E-state index in [1.807, 2.05) is 0 Å². The molecule has 2 aliphatic rings. The molecule has 3 rings (SSSR count). The summed E-state index contributed by atoms with van der Waals surface area (Å²) in [5.74, 6) is 0.408. The third-order valence-corrected chi connectivity index (χ3v) is 5.14. The number of benzene rings is 1. The molecule has 2 saturated carbocycles. The number of fused-ring (bicyclic) bond motifs is 2. The summed E-state index contributed by atoms with van der Waals surface area (Å²) >= 11 is 0. The predicted molar refractivity (Wildman–Crippen MR) is 88.1 cm³/mol. The molecule has 3 atom stereocenters.